The van der Waals surface area contributed by atoms with Gasteiger partial charge in [0, 0.05) is 24.6 Å². The van der Waals surface area contributed by atoms with Gasteiger partial charge in [-0.1, -0.05) is 30.3 Å². The monoisotopic (exact) mass is 371 g/mol. The second-order valence-electron chi connectivity index (χ2n) is 7.85. The predicted molar refractivity (Wildman–Crippen MR) is 115 cm³/mol. The Morgan fingerprint density at radius 2 is 1.85 bits per heavy atom. The van der Waals surface area contributed by atoms with E-state index in [4.69, 9.17) is 6.57 Å². The smallest absolute Gasteiger partial charge is 0.231 e. The third-order valence-electron chi connectivity index (χ3n) is 5.20. The Balaban J connectivity index is 1.91. The third-order valence-corrected chi connectivity index (χ3v) is 6.48. The molecule has 0 aliphatic carbocycles. The third kappa shape index (κ3) is 3.11. The number of aryl methyl sites for hydroxylation is 2. The van der Waals surface area contributed by atoms with E-state index in [2.05, 4.69) is 78.1 Å². The highest BCUT2D eigenvalue weighted by Crippen LogP contribution is 2.39. The Kier molecular flexibility index (Phi) is 4.25. The molecular formula is C24H23N2S+. The van der Waals surface area contributed by atoms with Gasteiger partial charge in [0.15, 0.2) is 6.20 Å². The second kappa shape index (κ2) is 6.48. The number of aromatic nitrogens is 1. The van der Waals surface area contributed by atoms with E-state index in [1.807, 2.05) is 25.2 Å². The second-order valence-corrected chi connectivity index (χ2v) is 8.90. The molecule has 0 amide bonds. The predicted octanol–water partition coefficient (Wildman–Crippen LogP) is 6.09. The molecule has 2 nitrogen and oxygen atoms in total. The number of nitrogens with zero attached hydrogens (tertiary/aromatic N) is 2. The molecule has 0 aliphatic rings. The minimum Gasteiger partial charge on any atom is -0.311 e. The van der Waals surface area contributed by atoms with Gasteiger partial charge in [-0.2, -0.15) is 4.57 Å². The molecule has 0 saturated heterocycles. The highest BCUT2D eigenvalue weighted by molar-refractivity contribution is 7.22. The van der Waals surface area contributed by atoms with Gasteiger partial charge in [-0.05, 0) is 41.0 Å². The molecule has 4 rings (SSSR count). The first kappa shape index (κ1) is 17.7. The fourth-order valence-corrected chi connectivity index (χ4v) is 5.07. The van der Waals surface area contributed by atoms with Gasteiger partial charge in [-0.25, -0.2) is 6.57 Å². The first-order chi connectivity index (χ1) is 12.9. The molecular weight excluding hydrogens is 348 g/mol. The van der Waals surface area contributed by atoms with E-state index in [0.717, 1.165) is 6.42 Å². The van der Waals surface area contributed by atoms with Crippen molar-refractivity contribution in [2.24, 2.45) is 7.05 Å². The summed E-state index contributed by atoms with van der Waals surface area (Å²) in [5, 5.41) is 3.84. The van der Waals surface area contributed by atoms with Gasteiger partial charge in [0.25, 0.3) is 0 Å². The van der Waals surface area contributed by atoms with Gasteiger partial charge in [0.1, 0.15) is 11.9 Å². The van der Waals surface area contributed by atoms with Gasteiger partial charge >= 0.3 is 0 Å². The van der Waals surface area contributed by atoms with Gasteiger partial charge in [0.05, 0.1) is 11.8 Å². The van der Waals surface area contributed by atoms with Crippen LogP contribution in [0.25, 0.3) is 36.3 Å². The molecule has 0 fully saturated rings. The van der Waals surface area contributed by atoms with Crippen LogP contribution in [0.5, 0.6) is 0 Å². The molecule has 0 spiro atoms. The molecule has 2 aromatic carbocycles. The zero-order valence-electron chi connectivity index (χ0n) is 16.2. The minimum absolute atomic E-state index is 0.363. The van der Waals surface area contributed by atoms with E-state index in [0.29, 0.717) is 0 Å². The van der Waals surface area contributed by atoms with Crippen molar-refractivity contribution in [2.75, 3.05) is 0 Å². The first-order valence-corrected chi connectivity index (χ1v) is 10.00. The molecule has 0 atom stereocenters. The Morgan fingerprint density at radius 1 is 1.07 bits per heavy atom. The van der Waals surface area contributed by atoms with E-state index in [-0.39, 0.29) is 5.54 Å². The summed E-state index contributed by atoms with van der Waals surface area (Å²) >= 11 is 1.86. The summed E-state index contributed by atoms with van der Waals surface area (Å²) in [6.07, 6.45) is 2.91. The van der Waals surface area contributed by atoms with E-state index in [9.17, 15) is 0 Å². The topological polar surface area (TPSA) is 8.24 Å². The minimum atomic E-state index is -0.363. The summed E-state index contributed by atoms with van der Waals surface area (Å²) in [5.41, 5.74) is 3.47. The van der Waals surface area contributed by atoms with E-state index in [1.54, 1.807) is 0 Å². The highest BCUT2D eigenvalue weighted by atomic mass is 32.1. The molecule has 27 heavy (non-hydrogen) atoms. The number of thiophene rings is 1. The summed E-state index contributed by atoms with van der Waals surface area (Å²) in [7, 11) is 2.12. The molecule has 0 unspecified atom stereocenters. The number of hydrogen-bond donors (Lipinski definition) is 0. The number of fused-ring (bicyclic) bond motifs is 2. The van der Waals surface area contributed by atoms with Crippen LogP contribution in [0.3, 0.4) is 0 Å². The van der Waals surface area contributed by atoms with Gasteiger partial charge in [-0.3, -0.25) is 0 Å². The molecule has 134 valence electrons. The number of benzene rings is 2. The Hall–Kier alpha value is -2.70. The van der Waals surface area contributed by atoms with Crippen molar-refractivity contribution in [1.29, 1.82) is 0 Å². The van der Waals surface area contributed by atoms with E-state index < -0.39 is 0 Å². The maximum atomic E-state index is 7.39. The first-order valence-electron chi connectivity index (χ1n) is 9.18. The summed E-state index contributed by atoms with van der Waals surface area (Å²) in [5.74, 6) is 0. The van der Waals surface area contributed by atoms with Gasteiger partial charge < -0.3 is 4.85 Å². The Bertz CT molecular complexity index is 1210. The lowest BCUT2D eigenvalue weighted by atomic mass is 9.94. The van der Waals surface area contributed by atoms with Crippen LogP contribution in [-0.2, 0) is 13.5 Å². The number of rotatable bonds is 3. The average Bonchev–Trinajstić information content (AvgIpc) is 2.98. The lowest BCUT2D eigenvalue weighted by molar-refractivity contribution is -0.659. The van der Waals surface area contributed by atoms with Crippen LogP contribution in [0.2, 0.25) is 0 Å². The molecule has 0 bridgehead atoms. The standard InChI is InChI=1S/C24H23N2S/c1-16-19-8-6-7-9-21(19)27-23(16)22-20-11-10-17(15-24(2,3)25-4)14-18(20)12-13-26(22)5/h6-14H,15H2,1-3,5H3/q+1. The molecule has 2 aromatic heterocycles. The van der Waals surface area contributed by atoms with Crippen LogP contribution >= 0.6 is 11.3 Å². The molecule has 2 heterocycles. The molecule has 4 aromatic rings. The number of hydrogen-bond acceptors (Lipinski definition) is 1. The van der Waals surface area contributed by atoms with E-state index in [1.165, 1.54) is 42.6 Å². The van der Waals surface area contributed by atoms with Crippen LogP contribution in [0, 0.1) is 13.5 Å². The zero-order chi connectivity index (χ0) is 19.2. The summed E-state index contributed by atoms with van der Waals surface area (Å²) in [6, 6.07) is 17.5. The molecule has 3 heteroatoms. The van der Waals surface area contributed by atoms with Crippen LogP contribution in [0.1, 0.15) is 25.0 Å². The van der Waals surface area contributed by atoms with Crippen molar-refractivity contribution in [1.82, 2.24) is 0 Å². The fraction of sp³-hybridized carbons (Fsp3) is 0.250. The van der Waals surface area contributed by atoms with Crippen molar-refractivity contribution in [3.63, 3.8) is 0 Å². The molecule has 0 saturated carbocycles. The molecule has 0 N–H and O–H groups in total. The maximum absolute atomic E-state index is 7.39. The lowest BCUT2D eigenvalue weighted by Gasteiger charge is -2.12. The lowest BCUT2D eigenvalue weighted by Crippen LogP contribution is -2.30. The fourth-order valence-electron chi connectivity index (χ4n) is 3.75. The normalized spacial score (nSPS) is 11.8. The van der Waals surface area contributed by atoms with Crippen LogP contribution in [0.15, 0.2) is 54.7 Å². The van der Waals surface area contributed by atoms with E-state index >= 15 is 0 Å². The van der Waals surface area contributed by atoms with Crippen LogP contribution in [0.4, 0.5) is 0 Å². The highest BCUT2D eigenvalue weighted by Gasteiger charge is 2.25. The van der Waals surface area contributed by atoms with Crippen molar-refractivity contribution in [2.45, 2.75) is 32.7 Å². The summed E-state index contributed by atoms with van der Waals surface area (Å²) in [6.45, 7) is 13.6. The van der Waals surface area contributed by atoms with Gasteiger partial charge in [-0.15, -0.1) is 11.3 Å². The van der Waals surface area contributed by atoms with Crippen LogP contribution < -0.4 is 4.57 Å². The average molecular weight is 372 g/mol. The SMILES string of the molecule is [C-]#[N+]C(C)(C)Cc1ccc2c(-c3sc4ccccc4c3C)[n+](C)ccc2c1. The molecule has 0 aliphatic heterocycles. The Labute approximate surface area is 164 Å². The molecule has 0 radical (unpaired) electrons. The quantitative estimate of drug-likeness (QED) is 0.304. The van der Waals surface area contributed by atoms with Crippen molar-refractivity contribution in [3.8, 4) is 10.6 Å². The number of pyridine rings is 1. The summed E-state index contributed by atoms with van der Waals surface area (Å²) < 4.78 is 3.56. The Morgan fingerprint density at radius 3 is 2.59 bits per heavy atom. The van der Waals surface area contributed by atoms with Crippen molar-refractivity contribution in [3.05, 3.63) is 77.3 Å². The zero-order valence-corrected chi connectivity index (χ0v) is 17.0. The van der Waals surface area contributed by atoms with Crippen molar-refractivity contribution >= 4 is 32.2 Å². The maximum Gasteiger partial charge on any atom is 0.231 e. The largest absolute Gasteiger partial charge is 0.311 e. The summed E-state index contributed by atoms with van der Waals surface area (Å²) in [4.78, 5) is 5.09. The van der Waals surface area contributed by atoms with Crippen molar-refractivity contribution < 1.29 is 4.57 Å². The van der Waals surface area contributed by atoms with Gasteiger partial charge in [0.2, 0.25) is 11.2 Å². The van der Waals surface area contributed by atoms with Crippen LogP contribution in [-0.4, -0.2) is 5.54 Å².